The summed E-state index contributed by atoms with van der Waals surface area (Å²) in [6.07, 6.45) is -0.246. The summed E-state index contributed by atoms with van der Waals surface area (Å²) in [6, 6.07) is 4.47. The molecule has 122 valence electrons. The molecule has 3 rings (SSSR count). The van der Waals surface area contributed by atoms with Crippen LogP contribution in [-0.2, 0) is 0 Å². The lowest BCUT2D eigenvalue weighted by Gasteiger charge is -2.24. The molecule has 8 heteroatoms. The number of alkyl halides is 3. The van der Waals surface area contributed by atoms with Gasteiger partial charge >= 0.3 is 6.18 Å². The van der Waals surface area contributed by atoms with Crippen molar-refractivity contribution in [2.24, 2.45) is 0 Å². The number of nitrogens with zero attached hydrogens (tertiary/aromatic N) is 4. The number of hydrogen-bond acceptors (Lipinski definition) is 3. The molecule has 0 bridgehead atoms. The SMILES string of the molecule is Cc1cc(C(=O)N(CC(F)(F)F)C2CC2)ccc1-n1cncn1. The lowest BCUT2D eigenvalue weighted by molar-refractivity contribution is -0.141. The van der Waals surface area contributed by atoms with E-state index in [9.17, 15) is 18.0 Å². The molecule has 1 heterocycles. The maximum Gasteiger partial charge on any atom is 0.406 e. The summed E-state index contributed by atoms with van der Waals surface area (Å²) in [5, 5.41) is 4.01. The zero-order chi connectivity index (χ0) is 16.6. The quantitative estimate of drug-likeness (QED) is 0.869. The molecule has 1 aliphatic rings. The van der Waals surface area contributed by atoms with Crippen molar-refractivity contribution in [1.82, 2.24) is 19.7 Å². The third-order valence-electron chi connectivity index (χ3n) is 3.71. The lowest BCUT2D eigenvalue weighted by atomic mass is 10.1. The second-order valence-electron chi connectivity index (χ2n) is 5.62. The monoisotopic (exact) mass is 324 g/mol. The summed E-state index contributed by atoms with van der Waals surface area (Å²) in [6.45, 7) is 0.569. The first-order chi connectivity index (χ1) is 10.8. The molecule has 1 aromatic heterocycles. The van der Waals surface area contributed by atoms with Gasteiger partial charge in [-0.2, -0.15) is 18.3 Å². The van der Waals surface area contributed by atoms with Gasteiger partial charge in [-0.3, -0.25) is 4.79 Å². The highest BCUT2D eigenvalue weighted by Crippen LogP contribution is 2.31. The van der Waals surface area contributed by atoms with Crippen LogP contribution in [0.3, 0.4) is 0 Å². The van der Waals surface area contributed by atoms with Gasteiger partial charge in [-0.1, -0.05) is 0 Å². The van der Waals surface area contributed by atoms with Gasteiger partial charge in [0.15, 0.2) is 0 Å². The van der Waals surface area contributed by atoms with Crippen LogP contribution < -0.4 is 0 Å². The summed E-state index contributed by atoms with van der Waals surface area (Å²) >= 11 is 0. The molecule has 1 amide bonds. The average molecular weight is 324 g/mol. The van der Waals surface area contributed by atoms with Gasteiger partial charge in [0.1, 0.15) is 19.2 Å². The topological polar surface area (TPSA) is 51.0 Å². The zero-order valence-corrected chi connectivity index (χ0v) is 12.4. The Balaban J connectivity index is 1.85. The molecule has 5 nitrogen and oxygen atoms in total. The minimum absolute atomic E-state index is 0.252. The Kier molecular flexibility index (Phi) is 3.83. The van der Waals surface area contributed by atoms with E-state index in [-0.39, 0.29) is 11.6 Å². The van der Waals surface area contributed by atoms with Crippen LogP contribution in [0.2, 0.25) is 0 Å². The Labute approximate surface area is 130 Å². The predicted octanol–water partition coefficient (Wildman–Crippen LogP) is 2.74. The van der Waals surface area contributed by atoms with E-state index in [1.165, 1.54) is 23.4 Å². The molecule has 23 heavy (non-hydrogen) atoms. The van der Waals surface area contributed by atoms with Gasteiger partial charge in [-0.15, -0.1) is 0 Å². The van der Waals surface area contributed by atoms with E-state index >= 15 is 0 Å². The number of rotatable bonds is 4. The highest BCUT2D eigenvalue weighted by Gasteiger charge is 2.40. The number of amides is 1. The molecule has 1 saturated carbocycles. The molecule has 1 aliphatic carbocycles. The summed E-state index contributed by atoms with van der Waals surface area (Å²) in [5.74, 6) is -0.585. The van der Waals surface area contributed by atoms with E-state index in [2.05, 4.69) is 10.1 Å². The first kappa shape index (κ1) is 15.5. The lowest BCUT2D eigenvalue weighted by Crippen LogP contribution is -2.40. The van der Waals surface area contributed by atoms with Crippen LogP contribution in [0.1, 0.15) is 28.8 Å². The van der Waals surface area contributed by atoms with Gasteiger partial charge in [0.25, 0.3) is 5.91 Å². The maximum absolute atomic E-state index is 12.7. The van der Waals surface area contributed by atoms with Crippen LogP contribution in [0.4, 0.5) is 13.2 Å². The molecule has 0 aliphatic heterocycles. The normalized spacial score (nSPS) is 14.8. The van der Waals surface area contributed by atoms with Crippen LogP contribution in [0.25, 0.3) is 5.69 Å². The van der Waals surface area contributed by atoms with Gasteiger partial charge in [-0.25, -0.2) is 9.67 Å². The fraction of sp³-hybridized carbons (Fsp3) is 0.400. The van der Waals surface area contributed by atoms with Gasteiger partial charge in [-0.05, 0) is 43.5 Å². The van der Waals surface area contributed by atoms with E-state index in [0.717, 1.165) is 16.2 Å². The van der Waals surface area contributed by atoms with Crippen molar-refractivity contribution in [3.63, 3.8) is 0 Å². The van der Waals surface area contributed by atoms with Crippen LogP contribution in [0.5, 0.6) is 0 Å². The van der Waals surface area contributed by atoms with Crippen molar-refractivity contribution in [2.75, 3.05) is 6.54 Å². The number of carbonyl (C=O) groups excluding carboxylic acids is 1. The van der Waals surface area contributed by atoms with Crippen molar-refractivity contribution < 1.29 is 18.0 Å². The van der Waals surface area contributed by atoms with E-state index in [4.69, 9.17) is 0 Å². The van der Waals surface area contributed by atoms with E-state index in [1.54, 1.807) is 19.1 Å². The Morgan fingerprint density at radius 3 is 2.65 bits per heavy atom. The van der Waals surface area contributed by atoms with Crippen LogP contribution >= 0.6 is 0 Å². The molecule has 0 radical (unpaired) electrons. The minimum Gasteiger partial charge on any atom is -0.327 e. The molecule has 0 atom stereocenters. The molecule has 2 aromatic rings. The largest absolute Gasteiger partial charge is 0.406 e. The van der Waals surface area contributed by atoms with Crippen molar-refractivity contribution in [3.05, 3.63) is 42.0 Å². The number of aromatic nitrogens is 3. The first-order valence-electron chi connectivity index (χ1n) is 7.18. The fourth-order valence-electron chi connectivity index (χ4n) is 2.49. The van der Waals surface area contributed by atoms with Crippen LogP contribution in [0.15, 0.2) is 30.9 Å². The van der Waals surface area contributed by atoms with E-state index < -0.39 is 18.6 Å². The third-order valence-corrected chi connectivity index (χ3v) is 3.71. The Bertz CT molecular complexity index is 708. The Morgan fingerprint density at radius 1 is 1.39 bits per heavy atom. The first-order valence-corrected chi connectivity index (χ1v) is 7.18. The standard InChI is InChI=1S/C15H15F3N4O/c1-10-6-11(2-5-13(10)22-9-19-8-20-22)14(23)21(12-3-4-12)7-15(16,17)18/h2,5-6,8-9,12H,3-4,7H2,1H3. The second-order valence-corrected chi connectivity index (χ2v) is 5.62. The van der Waals surface area contributed by atoms with Crippen molar-refractivity contribution >= 4 is 5.91 Å². The van der Waals surface area contributed by atoms with Crippen molar-refractivity contribution in [2.45, 2.75) is 32.0 Å². The second kappa shape index (κ2) is 5.68. The average Bonchev–Trinajstić information content (AvgIpc) is 3.18. The van der Waals surface area contributed by atoms with Crippen LogP contribution in [-0.4, -0.2) is 44.3 Å². The smallest absolute Gasteiger partial charge is 0.327 e. The van der Waals surface area contributed by atoms with Gasteiger partial charge in [0.05, 0.1) is 5.69 Å². The van der Waals surface area contributed by atoms with Crippen LogP contribution in [0, 0.1) is 6.92 Å². The van der Waals surface area contributed by atoms with Crippen molar-refractivity contribution in [1.29, 1.82) is 0 Å². The zero-order valence-electron chi connectivity index (χ0n) is 12.4. The number of hydrogen-bond donors (Lipinski definition) is 0. The molecule has 0 saturated heterocycles. The fourth-order valence-corrected chi connectivity index (χ4v) is 2.49. The number of aryl methyl sites for hydroxylation is 1. The number of benzene rings is 1. The highest BCUT2D eigenvalue weighted by atomic mass is 19.4. The van der Waals surface area contributed by atoms with E-state index in [0.29, 0.717) is 12.8 Å². The summed E-state index contributed by atoms with van der Waals surface area (Å²) in [4.78, 5) is 17.2. The summed E-state index contributed by atoms with van der Waals surface area (Å²) in [5.41, 5.74) is 1.72. The molecule has 0 unspecified atom stereocenters. The van der Waals surface area contributed by atoms with Crippen molar-refractivity contribution in [3.8, 4) is 5.69 Å². The van der Waals surface area contributed by atoms with Gasteiger partial charge in [0.2, 0.25) is 0 Å². The summed E-state index contributed by atoms with van der Waals surface area (Å²) in [7, 11) is 0. The Morgan fingerprint density at radius 2 is 2.13 bits per heavy atom. The molecular weight excluding hydrogens is 309 g/mol. The molecule has 0 N–H and O–H groups in total. The molecular formula is C15H15F3N4O. The molecule has 1 aromatic carbocycles. The third kappa shape index (κ3) is 3.52. The molecule has 1 fully saturated rings. The maximum atomic E-state index is 12.7. The summed E-state index contributed by atoms with van der Waals surface area (Å²) < 4.78 is 39.6. The van der Waals surface area contributed by atoms with Gasteiger partial charge in [0, 0.05) is 11.6 Å². The number of carbonyl (C=O) groups is 1. The number of halogens is 3. The predicted molar refractivity (Wildman–Crippen MR) is 76.2 cm³/mol. The minimum atomic E-state index is -4.39. The van der Waals surface area contributed by atoms with Gasteiger partial charge < -0.3 is 4.90 Å². The van der Waals surface area contributed by atoms with E-state index in [1.807, 2.05) is 0 Å². The molecule has 0 spiro atoms. The highest BCUT2D eigenvalue weighted by molar-refractivity contribution is 5.95. The Hall–Kier alpha value is -2.38.